The molecule has 6 nitrogen and oxygen atoms in total. The molecule has 0 radical (unpaired) electrons. The van der Waals surface area contributed by atoms with Gasteiger partial charge in [-0.05, 0) is 6.07 Å². The molecule has 0 aliphatic heterocycles. The monoisotopic (exact) mass is 304 g/mol. The van der Waals surface area contributed by atoms with Gasteiger partial charge < -0.3 is 15.2 Å². The summed E-state index contributed by atoms with van der Waals surface area (Å²) in [5.74, 6) is 1.59. The minimum Gasteiger partial charge on any atom is -0.496 e. The van der Waals surface area contributed by atoms with Gasteiger partial charge in [0.1, 0.15) is 29.3 Å². The number of nitrogens with two attached hydrogens (primary N) is 1. The van der Waals surface area contributed by atoms with Crippen LogP contribution >= 0.6 is 11.6 Å². The van der Waals surface area contributed by atoms with Gasteiger partial charge in [-0.3, -0.25) is 4.40 Å². The third-order valence-electron chi connectivity index (χ3n) is 3.12. The fourth-order valence-corrected chi connectivity index (χ4v) is 2.34. The Labute approximate surface area is 126 Å². The smallest absolute Gasteiger partial charge is 0.142 e. The lowest BCUT2D eigenvalue weighted by molar-refractivity contribution is 0.395. The summed E-state index contributed by atoms with van der Waals surface area (Å²) in [7, 11) is 3.14. The minimum atomic E-state index is 0.416. The maximum Gasteiger partial charge on any atom is 0.142 e. The number of nitrogens with zero attached hydrogens (tertiary/aromatic N) is 3. The molecule has 0 bridgehead atoms. The van der Waals surface area contributed by atoms with Gasteiger partial charge in [-0.15, -0.1) is 0 Å². The number of hydrogen-bond donors (Lipinski definition) is 1. The average Bonchev–Trinajstić information content (AvgIpc) is 2.89. The number of halogens is 1. The summed E-state index contributed by atoms with van der Waals surface area (Å²) in [6.07, 6.45) is 3.45. The summed E-state index contributed by atoms with van der Waals surface area (Å²) in [6, 6.07) is 5.19. The van der Waals surface area contributed by atoms with Gasteiger partial charge >= 0.3 is 0 Å². The van der Waals surface area contributed by atoms with Crippen molar-refractivity contribution in [2.75, 3.05) is 20.0 Å². The Balaban J connectivity index is 2.19. The molecule has 21 heavy (non-hydrogen) atoms. The van der Waals surface area contributed by atoms with E-state index in [1.54, 1.807) is 43.1 Å². The van der Waals surface area contributed by atoms with Crippen molar-refractivity contribution in [3.05, 3.63) is 35.7 Å². The van der Waals surface area contributed by atoms with Crippen molar-refractivity contribution in [2.24, 2.45) is 0 Å². The van der Waals surface area contributed by atoms with E-state index in [1.807, 2.05) is 6.20 Å². The van der Waals surface area contributed by atoms with Crippen LogP contribution in [0.5, 0.6) is 11.5 Å². The topological polar surface area (TPSA) is 74.7 Å². The van der Waals surface area contributed by atoms with Crippen molar-refractivity contribution in [1.29, 1.82) is 0 Å². The van der Waals surface area contributed by atoms with E-state index in [4.69, 9.17) is 26.8 Å². The van der Waals surface area contributed by atoms with Crippen molar-refractivity contribution in [3.63, 3.8) is 0 Å². The van der Waals surface area contributed by atoms with Crippen molar-refractivity contribution in [3.8, 4) is 22.8 Å². The number of rotatable bonds is 3. The summed E-state index contributed by atoms with van der Waals surface area (Å²) in [5.41, 5.74) is 7.84. The predicted molar refractivity (Wildman–Crippen MR) is 80.9 cm³/mol. The Morgan fingerprint density at radius 1 is 1.14 bits per heavy atom. The van der Waals surface area contributed by atoms with Crippen LogP contribution in [0.1, 0.15) is 0 Å². The predicted octanol–water partition coefficient (Wildman–Crippen LogP) is 2.65. The molecule has 2 aromatic heterocycles. The maximum absolute atomic E-state index is 6.18. The summed E-state index contributed by atoms with van der Waals surface area (Å²) in [5, 5.41) is 0.489. The van der Waals surface area contributed by atoms with Gasteiger partial charge in [0.25, 0.3) is 0 Å². The van der Waals surface area contributed by atoms with Crippen molar-refractivity contribution in [2.45, 2.75) is 0 Å². The molecule has 0 saturated carbocycles. The number of aromatic nitrogens is 3. The van der Waals surface area contributed by atoms with E-state index in [1.165, 1.54) is 0 Å². The third-order valence-corrected chi connectivity index (χ3v) is 3.41. The molecule has 3 rings (SSSR count). The zero-order valence-corrected chi connectivity index (χ0v) is 12.3. The molecule has 0 aliphatic rings. The number of hydrogen-bond acceptors (Lipinski definition) is 5. The molecule has 0 unspecified atom stereocenters. The van der Waals surface area contributed by atoms with E-state index in [0.29, 0.717) is 33.7 Å². The molecule has 0 atom stereocenters. The van der Waals surface area contributed by atoms with Crippen molar-refractivity contribution in [1.82, 2.24) is 14.4 Å². The number of imidazole rings is 1. The molecule has 3 aromatic rings. The highest BCUT2D eigenvalue weighted by Gasteiger charge is 2.14. The Hall–Kier alpha value is -2.47. The van der Waals surface area contributed by atoms with Crippen LogP contribution in [0.4, 0.5) is 5.82 Å². The highest BCUT2D eigenvalue weighted by Crippen LogP contribution is 2.38. The van der Waals surface area contributed by atoms with Gasteiger partial charge in [-0.2, -0.15) is 0 Å². The Morgan fingerprint density at radius 3 is 2.62 bits per heavy atom. The van der Waals surface area contributed by atoms with E-state index >= 15 is 0 Å². The lowest BCUT2D eigenvalue weighted by atomic mass is 10.1. The number of ether oxygens (including phenoxy) is 2. The van der Waals surface area contributed by atoms with E-state index in [-0.39, 0.29) is 0 Å². The van der Waals surface area contributed by atoms with Gasteiger partial charge in [-0.1, -0.05) is 11.6 Å². The molecule has 2 heterocycles. The van der Waals surface area contributed by atoms with Gasteiger partial charge in [0.05, 0.1) is 24.9 Å². The number of anilines is 1. The SMILES string of the molecule is COc1cc(OC)c(-c2cn3cnc(N)cc3n2)cc1Cl. The van der Waals surface area contributed by atoms with Crippen molar-refractivity contribution >= 4 is 23.1 Å². The number of methoxy groups -OCH3 is 2. The molecular formula is C14H13ClN4O2. The second-order valence-corrected chi connectivity index (χ2v) is 4.80. The number of benzene rings is 1. The van der Waals surface area contributed by atoms with Gasteiger partial charge in [0, 0.05) is 23.9 Å². The van der Waals surface area contributed by atoms with Gasteiger partial charge in [-0.25, -0.2) is 9.97 Å². The third kappa shape index (κ3) is 2.34. The van der Waals surface area contributed by atoms with Crippen LogP contribution in [0.2, 0.25) is 5.02 Å². The quantitative estimate of drug-likeness (QED) is 0.805. The van der Waals surface area contributed by atoms with E-state index in [0.717, 1.165) is 5.56 Å². The fourth-order valence-electron chi connectivity index (χ4n) is 2.10. The molecule has 0 aliphatic carbocycles. The molecule has 0 saturated heterocycles. The lowest BCUT2D eigenvalue weighted by Crippen LogP contribution is -1.92. The fraction of sp³-hybridized carbons (Fsp3) is 0.143. The highest BCUT2D eigenvalue weighted by atomic mass is 35.5. The highest BCUT2D eigenvalue weighted by molar-refractivity contribution is 6.32. The summed E-state index contributed by atoms with van der Waals surface area (Å²) in [4.78, 5) is 8.54. The van der Waals surface area contributed by atoms with Gasteiger partial charge in [0.2, 0.25) is 0 Å². The first kappa shape index (κ1) is 13.5. The van der Waals surface area contributed by atoms with Crippen molar-refractivity contribution < 1.29 is 9.47 Å². The van der Waals surface area contributed by atoms with Crippen LogP contribution in [0.15, 0.2) is 30.7 Å². The molecule has 0 spiro atoms. The van der Waals surface area contributed by atoms with Crippen LogP contribution < -0.4 is 15.2 Å². The number of fused-ring (bicyclic) bond motifs is 1. The first-order valence-corrected chi connectivity index (χ1v) is 6.52. The molecule has 2 N–H and O–H groups in total. The second-order valence-electron chi connectivity index (χ2n) is 4.39. The zero-order valence-electron chi connectivity index (χ0n) is 11.5. The van der Waals surface area contributed by atoms with Crippen LogP contribution in [-0.2, 0) is 0 Å². The summed E-state index contributed by atoms with van der Waals surface area (Å²) < 4.78 is 12.4. The Bertz CT molecular complexity index is 816. The Morgan fingerprint density at radius 2 is 1.90 bits per heavy atom. The molecule has 108 valence electrons. The molecule has 1 aromatic carbocycles. The zero-order chi connectivity index (χ0) is 15.0. The van der Waals surface area contributed by atoms with Crippen LogP contribution in [0, 0.1) is 0 Å². The molecule has 0 amide bonds. The standard InChI is InChI=1S/C14H13ClN4O2/c1-20-11-4-12(21-2)9(15)3-8(11)10-6-19-7-17-13(16)5-14(19)18-10/h3-7H,16H2,1-2H3. The molecule has 7 heteroatoms. The van der Waals surface area contributed by atoms with E-state index < -0.39 is 0 Å². The van der Waals surface area contributed by atoms with Crippen LogP contribution in [-0.4, -0.2) is 28.6 Å². The van der Waals surface area contributed by atoms with Gasteiger partial charge in [0.15, 0.2) is 0 Å². The first-order chi connectivity index (χ1) is 10.1. The minimum absolute atomic E-state index is 0.416. The van der Waals surface area contributed by atoms with Crippen LogP contribution in [0.3, 0.4) is 0 Å². The number of nitrogen functional groups attached to an aromatic ring is 1. The second kappa shape index (κ2) is 5.14. The maximum atomic E-state index is 6.18. The van der Waals surface area contributed by atoms with Crippen LogP contribution in [0.25, 0.3) is 16.9 Å². The summed E-state index contributed by atoms with van der Waals surface area (Å²) in [6.45, 7) is 0. The largest absolute Gasteiger partial charge is 0.496 e. The Kier molecular flexibility index (Phi) is 3.31. The molecular weight excluding hydrogens is 292 g/mol. The van der Waals surface area contributed by atoms with E-state index in [9.17, 15) is 0 Å². The molecule has 0 fully saturated rings. The van der Waals surface area contributed by atoms with E-state index in [2.05, 4.69) is 9.97 Å². The lowest BCUT2D eigenvalue weighted by Gasteiger charge is -2.10. The average molecular weight is 305 g/mol. The normalized spacial score (nSPS) is 10.8. The summed E-state index contributed by atoms with van der Waals surface area (Å²) >= 11 is 6.18. The first-order valence-electron chi connectivity index (χ1n) is 6.14.